The molecule has 0 aliphatic heterocycles. The summed E-state index contributed by atoms with van der Waals surface area (Å²) in [6.45, 7) is 1.44. The molecule has 0 N–H and O–H groups in total. The molecule has 0 spiro atoms. The third kappa shape index (κ3) is 2.65. The van der Waals surface area contributed by atoms with Gasteiger partial charge in [-0.15, -0.1) is 6.07 Å². The van der Waals surface area contributed by atoms with Gasteiger partial charge in [-0.3, -0.25) is 0 Å². The molecule has 0 amide bonds. The summed E-state index contributed by atoms with van der Waals surface area (Å²) in [5, 5.41) is 0. The van der Waals surface area contributed by atoms with Crippen LogP contribution in [0.3, 0.4) is 0 Å². The normalized spacial score (nSPS) is 8.50. The van der Waals surface area contributed by atoms with E-state index in [-0.39, 0.29) is 38.5 Å². The minimum atomic E-state index is -0.112. The summed E-state index contributed by atoms with van der Waals surface area (Å²) in [5.41, 5.74) is 0.329. The Bertz CT molecular complexity index is 276. The number of carbonyl (C=O) groups excluding carboxylic acids is 1. The molecule has 4 heteroatoms. The summed E-state index contributed by atoms with van der Waals surface area (Å²) in [6.07, 6.45) is 1.51. The quantitative estimate of drug-likeness (QED) is 0.572. The van der Waals surface area contributed by atoms with Crippen molar-refractivity contribution in [3.63, 3.8) is 0 Å². The van der Waals surface area contributed by atoms with Crippen molar-refractivity contribution in [2.75, 3.05) is 7.11 Å². The molecular weight excluding hydrogens is 231 g/mol. The van der Waals surface area contributed by atoms with E-state index in [0.29, 0.717) is 11.4 Å². The predicted molar refractivity (Wildman–Crippen MR) is 39.6 cm³/mol. The van der Waals surface area contributed by atoms with Crippen molar-refractivity contribution in [2.24, 2.45) is 0 Å². The van der Waals surface area contributed by atoms with Crippen LogP contribution in [0.1, 0.15) is 17.4 Å². The Morgan fingerprint density at radius 2 is 2.33 bits per heavy atom. The van der Waals surface area contributed by atoms with Gasteiger partial charge in [-0.25, -0.2) is 0 Å². The van der Waals surface area contributed by atoms with Crippen LogP contribution in [0.25, 0.3) is 0 Å². The number of hydrogen-bond donors (Lipinski definition) is 0. The van der Waals surface area contributed by atoms with Crippen LogP contribution in [0.15, 0.2) is 12.3 Å². The van der Waals surface area contributed by atoms with Crippen LogP contribution >= 0.6 is 0 Å². The summed E-state index contributed by atoms with van der Waals surface area (Å²) in [5.74, 6) is 0.290. The number of methoxy groups -OCH3 is 1. The Morgan fingerprint density at radius 3 is 2.75 bits per heavy atom. The first-order chi connectivity index (χ1) is 5.25. The maximum atomic E-state index is 10.9. The number of nitrogens with zero attached hydrogens (tertiary/aromatic N) is 1. The van der Waals surface area contributed by atoms with Gasteiger partial charge in [0.2, 0.25) is 0 Å². The molecule has 0 saturated heterocycles. The van der Waals surface area contributed by atoms with E-state index in [1.165, 1.54) is 20.2 Å². The topological polar surface area (TPSA) is 39.2 Å². The summed E-state index contributed by atoms with van der Waals surface area (Å²) in [4.78, 5) is 14.7. The van der Waals surface area contributed by atoms with Gasteiger partial charge in [-0.2, -0.15) is 6.07 Å². The van der Waals surface area contributed by atoms with Crippen LogP contribution in [0.4, 0.5) is 0 Å². The van der Waals surface area contributed by atoms with Gasteiger partial charge in [-0.1, -0.05) is 6.20 Å². The number of ketones is 1. The van der Waals surface area contributed by atoms with Crippen LogP contribution in [0, 0.1) is 6.07 Å². The molecule has 61 valence electrons. The maximum absolute atomic E-state index is 10.9. The van der Waals surface area contributed by atoms with Crippen molar-refractivity contribution >= 4 is 5.78 Å². The zero-order valence-corrected chi connectivity index (χ0v) is 9.83. The molecule has 0 saturated carbocycles. The number of pyridine rings is 1. The van der Waals surface area contributed by atoms with Gasteiger partial charge in [0.25, 0.3) is 0 Å². The molecule has 1 aromatic rings. The maximum Gasteiger partial charge on any atom is 0.126 e. The Morgan fingerprint density at radius 1 is 1.67 bits per heavy atom. The molecule has 1 heterocycles. The van der Waals surface area contributed by atoms with Gasteiger partial charge >= 0.3 is 0 Å². The first kappa shape index (κ1) is 11.7. The van der Waals surface area contributed by atoms with Crippen LogP contribution in [-0.2, 0) is 32.7 Å². The Kier molecular flexibility index (Phi) is 5.26. The van der Waals surface area contributed by atoms with Gasteiger partial charge < -0.3 is 14.5 Å². The molecule has 0 aliphatic rings. The minimum Gasteiger partial charge on any atom is -0.520 e. The van der Waals surface area contributed by atoms with Crippen molar-refractivity contribution in [3.8, 4) is 5.75 Å². The number of Topliss-reactive ketones (excluding diaryl/α,β-unsaturated/α-hetero) is 1. The standard InChI is InChI=1S/C8H8NO2.Y/c1-6(10)8-7(11-2)4-3-5-9-8;/h3,5H,1-2H3;/q-1;. The van der Waals surface area contributed by atoms with Crippen molar-refractivity contribution in [1.29, 1.82) is 0 Å². The van der Waals surface area contributed by atoms with Gasteiger partial charge in [-0.05, 0) is 6.92 Å². The predicted octanol–water partition coefficient (Wildman–Crippen LogP) is 1.09. The van der Waals surface area contributed by atoms with E-state index in [4.69, 9.17) is 4.74 Å². The van der Waals surface area contributed by atoms with E-state index in [1.807, 2.05) is 0 Å². The fourth-order valence-electron chi connectivity index (χ4n) is 0.758. The summed E-state index contributed by atoms with van der Waals surface area (Å²) in [6, 6.07) is 4.36. The van der Waals surface area contributed by atoms with Crippen LogP contribution in [0.5, 0.6) is 5.75 Å². The van der Waals surface area contributed by atoms with Gasteiger partial charge in [0, 0.05) is 44.2 Å². The summed E-state index contributed by atoms with van der Waals surface area (Å²) >= 11 is 0. The van der Waals surface area contributed by atoms with Crippen molar-refractivity contribution in [2.45, 2.75) is 6.92 Å². The molecule has 12 heavy (non-hydrogen) atoms. The van der Waals surface area contributed by atoms with Crippen molar-refractivity contribution in [3.05, 3.63) is 24.0 Å². The summed E-state index contributed by atoms with van der Waals surface area (Å²) < 4.78 is 4.87. The second kappa shape index (κ2) is 5.38. The molecule has 0 aromatic carbocycles. The largest absolute Gasteiger partial charge is 0.520 e. The molecule has 0 aliphatic carbocycles. The smallest absolute Gasteiger partial charge is 0.126 e. The van der Waals surface area contributed by atoms with Crippen molar-refractivity contribution in [1.82, 2.24) is 4.98 Å². The third-order valence-corrected chi connectivity index (χ3v) is 1.25. The third-order valence-electron chi connectivity index (χ3n) is 1.25. The van der Waals surface area contributed by atoms with E-state index in [2.05, 4.69) is 11.1 Å². The fourth-order valence-corrected chi connectivity index (χ4v) is 0.758. The SMILES string of the molecule is COc1[c-]ccnc1C(C)=O.[Y]. The molecular formula is C8H8NO2Y-. The minimum absolute atomic E-state index is 0. The van der Waals surface area contributed by atoms with E-state index in [1.54, 1.807) is 6.07 Å². The molecule has 3 nitrogen and oxygen atoms in total. The molecule has 0 unspecified atom stereocenters. The molecule has 1 radical (unpaired) electrons. The fraction of sp³-hybridized carbons (Fsp3) is 0.250. The number of carbonyl (C=O) groups is 1. The van der Waals surface area contributed by atoms with Gasteiger partial charge in [0.1, 0.15) is 5.78 Å². The number of rotatable bonds is 2. The molecule has 0 bridgehead atoms. The number of aromatic nitrogens is 1. The Balaban J connectivity index is 0.00000121. The Hall–Kier alpha value is -0.276. The van der Waals surface area contributed by atoms with Gasteiger partial charge in [0.15, 0.2) is 0 Å². The zero-order chi connectivity index (χ0) is 8.27. The van der Waals surface area contributed by atoms with E-state index < -0.39 is 0 Å². The zero-order valence-electron chi connectivity index (χ0n) is 7.00. The van der Waals surface area contributed by atoms with Gasteiger partial charge in [0.05, 0.1) is 7.11 Å². The van der Waals surface area contributed by atoms with E-state index in [0.717, 1.165) is 0 Å². The molecule has 1 rings (SSSR count). The molecule has 0 fully saturated rings. The second-order valence-corrected chi connectivity index (χ2v) is 2.03. The van der Waals surface area contributed by atoms with E-state index in [9.17, 15) is 4.79 Å². The van der Waals surface area contributed by atoms with Crippen LogP contribution < -0.4 is 4.74 Å². The van der Waals surface area contributed by atoms with Crippen LogP contribution in [-0.4, -0.2) is 17.9 Å². The molecule has 0 atom stereocenters. The summed E-state index contributed by atoms with van der Waals surface area (Å²) in [7, 11) is 1.49. The monoisotopic (exact) mass is 239 g/mol. The average molecular weight is 239 g/mol. The first-order valence-corrected chi connectivity index (χ1v) is 3.17. The first-order valence-electron chi connectivity index (χ1n) is 3.17. The second-order valence-electron chi connectivity index (χ2n) is 2.03. The average Bonchev–Trinajstić information content (AvgIpc) is 2.04. The van der Waals surface area contributed by atoms with Crippen molar-refractivity contribution < 1.29 is 42.2 Å². The number of hydrogen-bond acceptors (Lipinski definition) is 3. The molecule has 1 aromatic heterocycles. The number of ether oxygens (including phenoxy) is 1. The van der Waals surface area contributed by atoms with Crippen LogP contribution in [0.2, 0.25) is 0 Å². The Labute approximate surface area is 96.4 Å². The van der Waals surface area contributed by atoms with E-state index >= 15 is 0 Å².